The second kappa shape index (κ2) is 10.6. The van der Waals surface area contributed by atoms with Crippen molar-refractivity contribution in [2.75, 3.05) is 30.3 Å². The van der Waals surface area contributed by atoms with Crippen LogP contribution in [0.1, 0.15) is 42.9 Å². The third-order valence-electron chi connectivity index (χ3n) is 6.97. The lowest BCUT2D eigenvalue weighted by atomic mass is 9.95. The molecule has 188 valence electrons. The van der Waals surface area contributed by atoms with Crippen LogP contribution in [0, 0.1) is 12.8 Å². The van der Waals surface area contributed by atoms with Gasteiger partial charge in [0.2, 0.25) is 0 Å². The Morgan fingerprint density at radius 1 is 1.17 bits per heavy atom. The number of piperidine rings is 1. The molecule has 8 nitrogen and oxygen atoms in total. The van der Waals surface area contributed by atoms with Crippen LogP contribution in [0.4, 0.5) is 11.6 Å². The molecule has 0 radical (unpaired) electrons. The smallest absolute Gasteiger partial charge is 0.163 e. The van der Waals surface area contributed by atoms with Crippen LogP contribution in [-0.4, -0.2) is 50.4 Å². The molecular weight excluding hydrogens is 450 g/mol. The van der Waals surface area contributed by atoms with Crippen LogP contribution in [-0.2, 0) is 6.54 Å². The Hall–Kier alpha value is -3.49. The fourth-order valence-corrected chi connectivity index (χ4v) is 4.73. The van der Waals surface area contributed by atoms with Gasteiger partial charge in [-0.25, -0.2) is 4.98 Å². The van der Waals surface area contributed by atoms with Crippen LogP contribution in [0.25, 0.3) is 16.9 Å². The molecule has 0 spiro atoms. The van der Waals surface area contributed by atoms with Gasteiger partial charge in [-0.1, -0.05) is 44.2 Å². The largest absolute Gasteiger partial charge is 0.391 e. The Morgan fingerprint density at radius 2 is 2.00 bits per heavy atom. The van der Waals surface area contributed by atoms with Gasteiger partial charge >= 0.3 is 0 Å². The van der Waals surface area contributed by atoms with Crippen molar-refractivity contribution in [2.45, 2.75) is 45.8 Å². The molecule has 36 heavy (non-hydrogen) atoms. The lowest BCUT2D eigenvalue weighted by Gasteiger charge is -2.28. The van der Waals surface area contributed by atoms with E-state index in [-0.39, 0.29) is 12.0 Å². The van der Waals surface area contributed by atoms with Gasteiger partial charge in [-0.15, -0.1) is 0 Å². The van der Waals surface area contributed by atoms with Crippen molar-refractivity contribution in [1.82, 2.24) is 24.9 Å². The van der Waals surface area contributed by atoms with Crippen molar-refractivity contribution in [3.8, 4) is 11.3 Å². The molecule has 5 rings (SSSR count). The minimum Gasteiger partial charge on any atom is -0.391 e. The van der Waals surface area contributed by atoms with Crippen LogP contribution in [0.2, 0.25) is 0 Å². The maximum atomic E-state index is 10.3. The zero-order valence-corrected chi connectivity index (χ0v) is 21.2. The highest BCUT2D eigenvalue weighted by atomic mass is 16.3. The number of rotatable bonds is 8. The van der Waals surface area contributed by atoms with Crippen molar-refractivity contribution in [3.63, 3.8) is 0 Å². The lowest BCUT2D eigenvalue weighted by molar-refractivity contribution is 0.0883. The van der Waals surface area contributed by atoms with E-state index in [1.807, 2.05) is 29.0 Å². The monoisotopic (exact) mass is 485 g/mol. The van der Waals surface area contributed by atoms with Gasteiger partial charge in [0.1, 0.15) is 11.6 Å². The Morgan fingerprint density at radius 3 is 2.75 bits per heavy atom. The molecule has 0 saturated carbocycles. The Balaban J connectivity index is 1.35. The van der Waals surface area contributed by atoms with Crippen molar-refractivity contribution >= 4 is 17.3 Å². The Kier molecular flexibility index (Phi) is 7.16. The average molecular weight is 486 g/mol. The predicted octanol–water partition coefficient (Wildman–Crippen LogP) is 4.22. The zero-order chi connectivity index (χ0) is 25.1. The van der Waals surface area contributed by atoms with Crippen molar-refractivity contribution in [1.29, 1.82) is 0 Å². The van der Waals surface area contributed by atoms with E-state index in [0.717, 1.165) is 47.1 Å². The Bertz CT molecular complexity index is 1320. The topological polar surface area (TPSA) is 99.4 Å². The number of benzene rings is 1. The van der Waals surface area contributed by atoms with E-state index in [1.165, 1.54) is 11.1 Å². The van der Waals surface area contributed by atoms with E-state index < -0.39 is 0 Å². The summed E-state index contributed by atoms with van der Waals surface area (Å²) in [5, 5.41) is 25.2. The van der Waals surface area contributed by atoms with E-state index in [0.29, 0.717) is 25.6 Å². The first-order chi connectivity index (χ1) is 17.5. The van der Waals surface area contributed by atoms with E-state index in [2.05, 4.69) is 77.1 Å². The molecule has 1 saturated heterocycles. The fraction of sp³-hybridized carbons (Fsp3) is 0.393. The van der Waals surface area contributed by atoms with Gasteiger partial charge < -0.3 is 21.1 Å². The van der Waals surface area contributed by atoms with Gasteiger partial charge in [0.05, 0.1) is 18.0 Å². The molecule has 0 unspecified atom stereocenters. The number of hydrogen-bond donors (Lipinski definition) is 4. The first-order valence-electron chi connectivity index (χ1n) is 12.8. The number of anilines is 2. The SMILES string of the molecule is Cc1cccnc1-c1ccc(CNc2cc(NC[C@H]3CCNC[C@@H]3O)nc3c(C(C)C)cnn23)cc1. The third kappa shape index (κ3) is 5.20. The average Bonchev–Trinajstić information content (AvgIpc) is 3.32. The summed E-state index contributed by atoms with van der Waals surface area (Å²) in [5.74, 6) is 2.19. The first-order valence-corrected chi connectivity index (χ1v) is 12.8. The minimum atomic E-state index is -0.341. The standard InChI is InChI=1S/C28H35N7O/c1-18(2)23-16-33-35-26(13-25(34-28(23)35)31-15-22-10-12-29-17-24(22)36)32-14-20-6-8-21(9-7-20)27-19(3)5-4-11-30-27/h4-9,11,13,16,18,22,24,29,32,36H,10,12,14-15,17H2,1-3H3,(H,31,34)/t22-,24+/m1/s1. The van der Waals surface area contributed by atoms with Crippen molar-refractivity contribution in [3.05, 3.63) is 71.5 Å². The van der Waals surface area contributed by atoms with E-state index in [9.17, 15) is 5.11 Å². The van der Waals surface area contributed by atoms with Gasteiger partial charge in [0.25, 0.3) is 0 Å². The maximum absolute atomic E-state index is 10.3. The van der Waals surface area contributed by atoms with Crippen LogP contribution < -0.4 is 16.0 Å². The van der Waals surface area contributed by atoms with Crippen LogP contribution in [0.15, 0.2) is 54.9 Å². The first kappa shape index (κ1) is 24.2. The molecule has 3 aromatic heterocycles. The van der Waals surface area contributed by atoms with Crippen LogP contribution in [0.3, 0.4) is 0 Å². The van der Waals surface area contributed by atoms with Gasteiger partial charge in [0.15, 0.2) is 5.65 Å². The summed E-state index contributed by atoms with van der Waals surface area (Å²) < 4.78 is 1.88. The molecular formula is C28H35N7O. The number of hydrogen-bond acceptors (Lipinski definition) is 7. The van der Waals surface area contributed by atoms with Gasteiger partial charge in [0, 0.05) is 48.9 Å². The zero-order valence-electron chi connectivity index (χ0n) is 21.2. The van der Waals surface area contributed by atoms with Crippen LogP contribution >= 0.6 is 0 Å². The number of aliphatic hydroxyl groups is 1. The third-order valence-corrected chi connectivity index (χ3v) is 6.97. The number of nitrogens with one attached hydrogen (secondary N) is 3. The second-order valence-electron chi connectivity index (χ2n) is 9.94. The number of pyridine rings is 1. The number of aromatic nitrogens is 4. The summed E-state index contributed by atoms with van der Waals surface area (Å²) in [6.07, 6.45) is 4.34. The summed E-state index contributed by atoms with van der Waals surface area (Å²) in [6, 6.07) is 14.6. The molecule has 4 N–H and O–H groups in total. The maximum Gasteiger partial charge on any atom is 0.163 e. The van der Waals surface area contributed by atoms with Gasteiger partial charge in [-0.2, -0.15) is 9.61 Å². The molecule has 1 aliphatic heterocycles. The van der Waals surface area contributed by atoms with E-state index in [4.69, 9.17) is 4.98 Å². The molecule has 4 heterocycles. The molecule has 1 fully saturated rings. The molecule has 4 aromatic rings. The van der Waals surface area contributed by atoms with E-state index >= 15 is 0 Å². The summed E-state index contributed by atoms with van der Waals surface area (Å²) in [7, 11) is 0. The Labute approximate surface area is 212 Å². The number of nitrogens with zero attached hydrogens (tertiary/aromatic N) is 4. The van der Waals surface area contributed by atoms with Gasteiger partial charge in [-0.05, 0) is 43.0 Å². The van der Waals surface area contributed by atoms with Gasteiger partial charge in [-0.3, -0.25) is 4.98 Å². The molecule has 0 aliphatic carbocycles. The fourth-order valence-electron chi connectivity index (χ4n) is 4.73. The summed E-state index contributed by atoms with van der Waals surface area (Å²) in [5.41, 5.74) is 6.42. The number of aryl methyl sites for hydroxylation is 1. The highest BCUT2D eigenvalue weighted by molar-refractivity contribution is 5.63. The summed E-state index contributed by atoms with van der Waals surface area (Å²) >= 11 is 0. The summed E-state index contributed by atoms with van der Waals surface area (Å²) in [6.45, 7) is 9.31. The number of fused-ring (bicyclic) bond motifs is 1. The highest BCUT2D eigenvalue weighted by Crippen LogP contribution is 2.26. The summed E-state index contributed by atoms with van der Waals surface area (Å²) in [4.78, 5) is 9.41. The molecule has 0 amide bonds. The van der Waals surface area contributed by atoms with E-state index in [1.54, 1.807) is 0 Å². The lowest BCUT2D eigenvalue weighted by Crippen LogP contribution is -2.43. The number of β-amino-alcohol motifs (C(OH)–C–C–N with tert-alkyl or cyclic N) is 1. The quantitative estimate of drug-likeness (QED) is 0.297. The molecule has 0 bridgehead atoms. The van der Waals surface area contributed by atoms with Crippen molar-refractivity contribution in [2.24, 2.45) is 5.92 Å². The van der Waals surface area contributed by atoms with Crippen molar-refractivity contribution < 1.29 is 5.11 Å². The number of aliphatic hydroxyl groups excluding tert-OH is 1. The van der Waals surface area contributed by atoms with Crippen LogP contribution in [0.5, 0.6) is 0 Å². The normalized spacial score (nSPS) is 18.0. The second-order valence-corrected chi connectivity index (χ2v) is 9.94. The molecule has 1 aliphatic rings. The predicted molar refractivity (Wildman–Crippen MR) is 144 cm³/mol. The highest BCUT2D eigenvalue weighted by Gasteiger charge is 2.23. The molecule has 8 heteroatoms. The molecule has 1 aromatic carbocycles. The minimum absolute atomic E-state index is 0.205. The molecule has 2 atom stereocenters.